The van der Waals surface area contributed by atoms with Gasteiger partial charge in [-0.05, 0) is 25.1 Å². The lowest BCUT2D eigenvalue weighted by Crippen LogP contribution is -1.82. The Bertz CT molecular complexity index is 719. The lowest BCUT2D eigenvalue weighted by atomic mass is 10.1. The monoisotopic (exact) mass is 252 g/mol. The molecular formula is C15H12N2O2. The number of hydrogen-bond acceptors (Lipinski definition) is 4. The molecule has 94 valence electrons. The quantitative estimate of drug-likeness (QED) is 0.759. The van der Waals surface area contributed by atoms with E-state index in [1.54, 1.807) is 18.2 Å². The smallest absolute Gasteiger partial charge is 0.261 e. The van der Waals surface area contributed by atoms with E-state index in [0.717, 1.165) is 11.1 Å². The molecule has 2 aromatic carbocycles. The predicted molar refractivity (Wildman–Crippen MR) is 71.6 cm³/mol. The Labute approximate surface area is 110 Å². The van der Waals surface area contributed by atoms with Crippen molar-refractivity contribution >= 4 is 0 Å². The number of aromatic nitrogens is 2. The van der Waals surface area contributed by atoms with Gasteiger partial charge in [0.1, 0.15) is 5.75 Å². The summed E-state index contributed by atoms with van der Waals surface area (Å²) >= 11 is 0. The summed E-state index contributed by atoms with van der Waals surface area (Å²) in [7, 11) is 0. The Morgan fingerprint density at radius 1 is 1.05 bits per heavy atom. The zero-order valence-corrected chi connectivity index (χ0v) is 10.4. The normalized spacial score (nSPS) is 10.6. The molecule has 0 unspecified atom stereocenters. The van der Waals surface area contributed by atoms with Gasteiger partial charge in [-0.2, -0.15) is 4.98 Å². The summed E-state index contributed by atoms with van der Waals surface area (Å²) in [6, 6.07) is 14.7. The Balaban J connectivity index is 2.03. The van der Waals surface area contributed by atoms with Crippen molar-refractivity contribution in [2.45, 2.75) is 6.92 Å². The average molecular weight is 252 g/mol. The van der Waals surface area contributed by atoms with Crippen molar-refractivity contribution in [1.82, 2.24) is 10.1 Å². The van der Waals surface area contributed by atoms with E-state index in [0.29, 0.717) is 17.3 Å². The zero-order valence-electron chi connectivity index (χ0n) is 10.4. The molecule has 0 aliphatic heterocycles. The van der Waals surface area contributed by atoms with Gasteiger partial charge in [0, 0.05) is 5.56 Å². The number of rotatable bonds is 2. The minimum atomic E-state index is 0.127. The molecule has 0 atom stereocenters. The van der Waals surface area contributed by atoms with Gasteiger partial charge in [0.05, 0.1) is 5.56 Å². The molecule has 0 spiro atoms. The molecule has 0 saturated heterocycles. The standard InChI is InChI=1S/C15H12N2O2/c1-10-5-4-6-11(9-10)14-16-15(19-17-14)12-7-2-3-8-13(12)18/h2-9,18H,1H3. The topological polar surface area (TPSA) is 59.2 Å². The van der Waals surface area contributed by atoms with Gasteiger partial charge in [-0.15, -0.1) is 0 Å². The molecule has 0 saturated carbocycles. The highest BCUT2D eigenvalue weighted by molar-refractivity contribution is 5.64. The van der Waals surface area contributed by atoms with E-state index in [2.05, 4.69) is 10.1 Å². The summed E-state index contributed by atoms with van der Waals surface area (Å²) in [4.78, 5) is 4.31. The van der Waals surface area contributed by atoms with Crippen molar-refractivity contribution in [1.29, 1.82) is 0 Å². The molecule has 1 heterocycles. The number of phenolic OH excluding ortho intramolecular Hbond substituents is 1. The fourth-order valence-corrected chi connectivity index (χ4v) is 1.89. The molecule has 3 rings (SSSR count). The fraction of sp³-hybridized carbons (Fsp3) is 0.0667. The van der Waals surface area contributed by atoms with Gasteiger partial charge in [-0.1, -0.05) is 41.1 Å². The van der Waals surface area contributed by atoms with E-state index in [1.807, 2.05) is 37.3 Å². The third-order valence-corrected chi connectivity index (χ3v) is 2.84. The van der Waals surface area contributed by atoms with Crippen LogP contribution in [0, 0.1) is 6.92 Å². The summed E-state index contributed by atoms with van der Waals surface area (Å²) in [6.45, 7) is 2.01. The molecule has 19 heavy (non-hydrogen) atoms. The van der Waals surface area contributed by atoms with Crippen LogP contribution >= 0.6 is 0 Å². The fourth-order valence-electron chi connectivity index (χ4n) is 1.89. The third kappa shape index (κ3) is 2.20. The summed E-state index contributed by atoms with van der Waals surface area (Å²) in [5.41, 5.74) is 2.56. The molecule has 0 aliphatic rings. The van der Waals surface area contributed by atoms with Crippen molar-refractivity contribution < 1.29 is 9.63 Å². The van der Waals surface area contributed by atoms with Crippen molar-refractivity contribution in [3.63, 3.8) is 0 Å². The van der Waals surface area contributed by atoms with E-state index in [9.17, 15) is 5.11 Å². The molecule has 4 nitrogen and oxygen atoms in total. The summed E-state index contributed by atoms with van der Waals surface area (Å²) in [5, 5.41) is 13.7. The highest BCUT2D eigenvalue weighted by atomic mass is 16.5. The first-order chi connectivity index (χ1) is 9.24. The number of hydrogen-bond donors (Lipinski definition) is 1. The van der Waals surface area contributed by atoms with Gasteiger partial charge < -0.3 is 9.63 Å². The van der Waals surface area contributed by atoms with E-state index >= 15 is 0 Å². The van der Waals surface area contributed by atoms with E-state index in [4.69, 9.17) is 4.52 Å². The maximum Gasteiger partial charge on any atom is 0.261 e. The number of phenols is 1. The van der Waals surface area contributed by atoms with Crippen LogP contribution in [-0.4, -0.2) is 15.2 Å². The van der Waals surface area contributed by atoms with Crippen LogP contribution in [0.1, 0.15) is 5.56 Å². The molecular weight excluding hydrogens is 240 g/mol. The second kappa shape index (κ2) is 4.57. The van der Waals surface area contributed by atoms with Crippen LogP contribution in [0.4, 0.5) is 0 Å². The number of nitrogens with zero attached hydrogens (tertiary/aromatic N) is 2. The largest absolute Gasteiger partial charge is 0.507 e. The van der Waals surface area contributed by atoms with Gasteiger partial charge in [0.15, 0.2) is 0 Å². The molecule has 1 N–H and O–H groups in total. The van der Waals surface area contributed by atoms with Crippen LogP contribution in [0.15, 0.2) is 53.1 Å². The van der Waals surface area contributed by atoms with Gasteiger partial charge in [-0.3, -0.25) is 0 Å². The Morgan fingerprint density at radius 2 is 1.89 bits per heavy atom. The van der Waals surface area contributed by atoms with Crippen molar-refractivity contribution in [2.75, 3.05) is 0 Å². The van der Waals surface area contributed by atoms with Crippen LogP contribution in [0.3, 0.4) is 0 Å². The third-order valence-electron chi connectivity index (χ3n) is 2.84. The second-order valence-corrected chi connectivity index (χ2v) is 4.31. The number of aryl methyl sites for hydroxylation is 1. The first-order valence-corrected chi connectivity index (χ1v) is 5.93. The minimum absolute atomic E-state index is 0.127. The van der Waals surface area contributed by atoms with E-state index in [-0.39, 0.29) is 5.75 Å². The Kier molecular flexibility index (Phi) is 2.76. The van der Waals surface area contributed by atoms with Crippen LogP contribution in [0.2, 0.25) is 0 Å². The molecule has 1 aromatic heterocycles. The van der Waals surface area contributed by atoms with Crippen LogP contribution in [0.5, 0.6) is 5.75 Å². The highest BCUT2D eigenvalue weighted by Crippen LogP contribution is 2.28. The van der Waals surface area contributed by atoms with Crippen molar-refractivity contribution in [3.8, 4) is 28.6 Å². The SMILES string of the molecule is Cc1cccc(-c2noc(-c3ccccc3O)n2)c1. The number of aromatic hydroxyl groups is 1. The maximum atomic E-state index is 9.76. The molecule has 0 bridgehead atoms. The summed E-state index contributed by atoms with van der Waals surface area (Å²) in [5.74, 6) is 0.957. The van der Waals surface area contributed by atoms with Crippen LogP contribution in [-0.2, 0) is 0 Å². The average Bonchev–Trinajstić information content (AvgIpc) is 2.89. The molecule has 0 radical (unpaired) electrons. The van der Waals surface area contributed by atoms with Crippen molar-refractivity contribution in [2.24, 2.45) is 0 Å². The van der Waals surface area contributed by atoms with Gasteiger partial charge in [0.25, 0.3) is 5.89 Å². The maximum absolute atomic E-state index is 9.76. The van der Waals surface area contributed by atoms with Gasteiger partial charge in [-0.25, -0.2) is 0 Å². The van der Waals surface area contributed by atoms with Gasteiger partial charge >= 0.3 is 0 Å². The van der Waals surface area contributed by atoms with E-state index in [1.165, 1.54) is 0 Å². The number of para-hydroxylation sites is 1. The highest BCUT2D eigenvalue weighted by Gasteiger charge is 2.13. The molecule has 0 amide bonds. The zero-order chi connectivity index (χ0) is 13.2. The first kappa shape index (κ1) is 11.5. The van der Waals surface area contributed by atoms with E-state index < -0.39 is 0 Å². The van der Waals surface area contributed by atoms with Crippen LogP contribution in [0.25, 0.3) is 22.8 Å². The second-order valence-electron chi connectivity index (χ2n) is 4.31. The predicted octanol–water partition coefficient (Wildman–Crippen LogP) is 3.42. The van der Waals surface area contributed by atoms with Crippen molar-refractivity contribution in [3.05, 3.63) is 54.1 Å². The Hall–Kier alpha value is -2.62. The minimum Gasteiger partial charge on any atom is -0.507 e. The molecule has 3 aromatic rings. The lowest BCUT2D eigenvalue weighted by molar-refractivity contribution is 0.426. The number of benzene rings is 2. The molecule has 0 fully saturated rings. The first-order valence-electron chi connectivity index (χ1n) is 5.93. The summed E-state index contributed by atoms with van der Waals surface area (Å²) < 4.78 is 5.20. The van der Waals surface area contributed by atoms with Crippen LogP contribution < -0.4 is 0 Å². The Morgan fingerprint density at radius 3 is 2.68 bits per heavy atom. The lowest BCUT2D eigenvalue weighted by Gasteiger charge is -1.97. The summed E-state index contributed by atoms with van der Waals surface area (Å²) in [6.07, 6.45) is 0. The molecule has 4 heteroatoms. The molecule has 0 aliphatic carbocycles. The van der Waals surface area contributed by atoms with Gasteiger partial charge in [0.2, 0.25) is 5.82 Å².